The first-order chi connectivity index (χ1) is 59.3. The zero-order valence-corrected chi connectivity index (χ0v) is 75.5. The van der Waals surface area contributed by atoms with Gasteiger partial charge in [0.25, 0.3) is 6.71 Å². The molecule has 0 N–H and O–H groups in total. The van der Waals surface area contributed by atoms with E-state index in [4.69, 9.17) is 0 Å². The average molecular weight is 1610 g/mol. The molecular formula is C121H113BN2. The van der Waals surface area contributed by atoms with E-state index in [-0.39, 0.29) is 39.2 Å². The minimum Gasteiger partial charge on any atom is -0.310 e. The second kappa shape index (κ2) is 30.3. The van der Waals surface area contributed by atoms with Gasteiger partial charge in [-0.25, -0.2) is 0 Å². The summed E-state index contributed by atoms with van der Waals surface area (Å²) in [6.45, 7) is 42.4. The van der Waals surface area contributed by atoms with Crippen LogP contribution in [0.25, 0.3) is 100 Å². The third-order valence-electron chi connectivity index (χ3n) is 26.8. The summed E-state index contributed by atoms with van der Waals surface area (Å²) in [7, 11) is 0. The molecule has 0 spiro atoms. The Labute approximate surface area is 738 Å². The summed E-state index contributed by atoms with van der Waals surface area (Å²) < 4.78 is 0. The normalized spacial score (nSPS) is 14.4. The van der Waals surface area contributed by atoms with Crippen molar-refractivity contribution >= 4 is 57.2 Å². The molecule has 1 unspecified atom stereocenters. The van der Waals surface area contributed by atoms with Gasteiger partial charge in [-0.1, -0.05) is 428 Å². The highest BCUT2D eigenvalue weighted by atomic mass is 15.2. The van der Waals surface area contributed by atoms with Gasteiger partial charge in [-0.2, -0.15) is 0 Å². The first kappa shape index (κ1) is 80.9. The first-order valence-electron chi connectivity index (χ1n) is 44.7. The van der Waals surface area contributed by atoms with E-state index < -0.39 is 5.41 Å². The molecule has 1 aliphatic carbocycles. The van der Waals surface area contributed by atoms with E-state index in [9.17, 15) is 0 Å². The Morgan fingerprint density at radius 3 is 0.984 bits per heavy atom. The number of rotatable bonds is 12. The number of fused-ring (bicyclic) bond motifs is 7. The van der Waals surface area contributed by atoms with Crippen LogP contribution < -0.4 is 26.2 Å². The number of nitrogens with zero attached hydrogens (tertiary/aromatic N) is 2. The fourth-order valence-electron chi connectivity index (χ4n) is 19.9. The van der Waals surface area contributed by atoms with Gasteiger partial charge in [0.1, 0.15) is 0 Å². The fourth-order valence-corrected chi connectivity index (χ4v) is 19.9. The lowest BCUT2D eigenvalue weighted by Gasteiger charge is -2.46. The number of hydrogen-bond acceptors (Lipinski definition) is 2. The first-order valence-corrected chi connectivity index (χ1v) is 44.7. The topological polar surface area (TPSA) is 6.48 Å². The molecule has 0 amide bonds. The Balaban J connectivity index is 1.02. The van der Waals surface area contributed by atoms with E-state index in [2.05, 4.69) is 492 Å². The highest BCUT2D eigenvalue weighted by Gasteiger charge is 2.50. The molecule has 2 nitrogen and oxygen atoms in total. The van der Waals surface area contributed by atoms with Crippen molar-refractivity contribution < 1.29 is 0 Å². The number of benzene rings is 16. The smallest absolute Gasteiger partial charge is 0.252 e. The zero-order chi connectivity index (χ0) is 86.3. The van der Waals surface area contributed by atoms with Crippen molar-refractivity contribution in [1.82, 2.24) is 0 Å². The van der Waals surface area contributed by atoms with Gasteiger partial charge in [-0.05, 0) is 237 Å². The molecule has 0 aromatic heterocycles. The second-order valence-electron chi connectivity index (χ2n) is 41.3. The van der Waals surface area contributed by atoms with E-state index in [1.165, 1.54) is 128 Å². The van der Waals surface area contributed by atoms with Crippen LogP contribution in [-0.4, -0.2) is 6.71 Å². The predicted molar refractivity (Wildman–Crippen MR) is 533 cm³/mol. The van der Waals surface area contributed by atoms with E-state index in [0.717, 1.165) is 78.6 Å². The Bertz CT molecular complexity index is 6630. The van der Waals surface area contributed by atoms with Gasteiger partial charge in [0.15, 0.2) is 0 Å². The van der Waals surface area contributed by atoms with E-state index in [1.807, 2.05) is 0 Å². The van der Waals surface area contributed by atoms with Gasteiger partial charge < -0.3 is 9.80 Å². The highest BCUT2D eigenvalue weighted by molar-refractivity contribution is 7.00. The molecule has 2 heterocycles. The Morgan fingerprint density at radius 1 is 0.202 bits per heavy atom. The summed E-state index contributed by atoms with van der Waals surface area (Å²) in [5.74, 6) is 0. The highest BCUT2D eigenvalue weighted by Crippen LogP contribution is 2.61. The van der Waals surface area contributed by atoms with Crippen molar-refractivity contribution in [2.45, 2.75) is 163 Å². The van der Waals surface area contributed by atoms with Crippen LogP contribution in [0.15, 0.2) is 358 Å². The molecule has 0 saturated heterocycles. The van der Waals surface area contributed by atoms with E-state index in [1.54, 1.807) is 0 Å². The van der Waals surface area contributed by atoms with Crippen molar-refractivity contribution in [3.8, 4) is 100 Å². The molecule has 16 aromatic rings. The van der Waals surface area contributed by atoms with E-state index in [0.29, 0.717) is 0 Å². The lowest BCUT2D eigenvalue weighted by molar-refractivity contribution is 0.568. The molecule has 19 rings (SSSR count). The summed E-state index contributed by atoms with van der Waals surface area (Å²) in [5.41, 5.74) is 42.5. The zero-order valence-electron chi connectivity index (χ0n) is 75.5. The second-order valence-corrected chi connectivity index (χ2v) is 41.3. The standard InChI is InChI=1S/C121H113BN2/c1-115(2,3)91-64-86(65-92(72-91)116(4,5)6)84-60-62-107-106(68-84)122-105-61-59-85(97-56-40-57-99-98-55-37-38-58-104(98)121(111(97)99,89-52-35-24-36-53-89)90-54-39-51-83(63-90)78-41-25-19-26-42-78)69-108(105)124(114-102(81-47-31-22-32-48-81)76-96(120(16,17)18)77-103(114)82-49-33-23-34-50-82)110-71-88(87-66-93(117(7,8)9)73-94(67-87)118(10,11)12)70-109(112(110)122)123(107)113-100(79-43-27-20-28-44-79)74-95(119(13,14)15)75-101(113)80-45-29-21-30-46-80/h19-77H,1-18H3. The molecule has 0 fully saturated rings. The molecule has 3 heteroatoms. The molecule has 2 aliphatic heterocycles. The SMILES string of the molecule is CC(C)(C)c1cc(-c2ccc3c(c2)B2c4ccc(-c5cccc6c5C(c5ccccc5)(c5cccc(-c7ccccc7)c5)c5ccccc5-6)cc4N(c4c(-c5ccccc5)cc(C(C)(C)C)cc4-c4ccccc4)c4cc(-c5cc(C(C)(C)C)cc(C(C)(C)C)c5)cc(c42)N3c2c(-c3ccccc3)cc(C(C)(C)C)cc2-c2ccccc2)cc(C(C)(C)C)c1. The molecule has 0 bridgehead atoms. The van der Waals surface area contributed by atoms with Crippen LogP contribution in [0.2, 0.25) is 0 Å². The van der Waals surface area contributed by atoms with Gasteiger partial charge in [0.05, 0.1) is 16.8 Å². The van der Waals surface area contributed by atoms with Crippen LogP contribution in [0.3, 0.4) is 0 Å². The molecule has 0 saturated carbocycles. The molecule has 3 aliphatic rings. The lowest BCUT2D eigenvalue weighted by Crippen LogP contribution is -2.61. The Hall–Kier alpha value is -12.8. The van der Waals surface area contributed by atoms with Crippen molar-refractivity contribution in [1.29, 1.82) is 0 Å². The maximum atomic E-state index is 2.80. The van der Waals surface area contributed by atoms with Gasteiger partial charge in [-0.3, -0.25) is 0 Å². The minimum absolute atomic E-state index is 0.131. The van der Waals surface area contributed by atoms with Gasteiger partial charge in [-0.15, -0.1) is 0 Å². The number of anilines is 6. The van der Waals surface area contributed by atoms with Crippen molar-refractivity contribution in [2.24, 2.45) is 0 Å². The summed E-state index contributed by atoms with van der Waals surface area (Å²) in [6.07, 6.45) is 0. The van der Waals surface area contributed by atoms with Crippen molar-refractivity contribution in [2.75, 3.05) is 9.80 Å². The van der Waals surface area contributed by atoms with Gasteiger partial charge in [0, 0.05) is 45.0 Å². The molecule has 610 valence electrons. The maximum absolute atomic E-state index is 2.80. The third kappa shape index (κ3) is 14.2. The van der Waals surface area contributed by atoms with Gasteiger partial charge in [0.2, 0.25) is 0 Å². The van der Waals surface area contributed by atoms with Crippen LogP contribution >= 0.6 is 0 Å². The molecule has 1 atom stereocenters. The minimum atomic E-state index is -0.764. The number of hydrogen-bond donors (Lipinski definition) is 0. The summed E-state index contributed by atoms with van der Waals surface area (Å²) in [4.78, 5) is 5.56. The summed E-state index contributed by atoms with van der Waals surface area (Å²) >= 11 is 0. The molecule has 16 aromatic carbocycles. The summed E-state index contributed by atoms with van der Waals surface area (Å²) in [6, 6.07) is 139. The van der Waals surface area contributed by atoms with Crippen LogP contribution in [0.1, 0.15) is 180 Å². The monoisotopic (exact) mass is 1600 g/mol. The molecular weight excluding hydrogens is 1490 g/mol. The molecule has 124 heavy (non-hydrogen) atoms. The van der Waals surface area contributed by atoms with Crippen molar-refractivity contribution in [3.05, 3.63) is 414 Å². The average Bonchev–Trinajstić information content (AvgIpc) is 1.08. The Kier molecular flexibility index (Phi) is 19.8. The largest absolute Gasteiger partial charge is 0.310 e. The van der Waals surface area contributed by atoms with Crippen molar-refractivity contribution in [3.63, 3.8) is 0 Å². The Morgan fingerprint density at radius 2 is 0.532 bits per heavy atom. The fraction of sp³-hybridized carbons (Fsp3) is 0.207. The quantitative estimate of drug-likeness (QED) is 0.113. The maximum Gasteiger partial charge on any atom is 0.252 e. The van der Waals surface area contributed by atoms with Crippen LogP contribution in [0.4, 0.5) is 34.1 Å². The molecule has 0 radical (unpaired) electrons. The van der Waals surface area contributed by atoms with Gasteiger partial charge >= 0.3 is 0 Å². The summed E-state index contributed by atoms with van der Waals surface area (Å²) in [5, 5.41) is 0. The van der Waals surface area contributed by atoms with Crippen LogP contribution in [0.5, 0.6) is 0 Å². The third-order valence-corrected chi connectivity index (χ3v) is 26.8. The lowest BCUT2D eigenvalue weighted by atomic mass is 9.33. The van der Waals surface area contributed by atoms with Crippen LogP contribution in [-0.2, 0) is 37.9 Å². The van der Waals surface area contributed by atoms with E-state index >= 15 is 0 Å². The predicted octanol–water partition coefficient (Wildman–Crippen LogP) is 31.3. The van der Waals surface area contributed by atoms with Crippen LogP contribution in [0, 0.1) is 0 Å².